The Hall–Kier alpha value is -0.800. The Morgan fingerprint density at radius 1 is 1.58 bits per heavy atom. The van der Waals surface area contributed by atoms with Crippen molar-refractivity contribution in [1.29, 1.82) is 0 Å². The third-order valence-corrected chi connectivity index (χ3v) is 2.08. The molecule has 64 valence electrons. The number of hydrogen-bond donors (Lipinski definition) is 2. The maximum atomic E-state index is 9.45. The molecule has 0 aliphatic heterocycles. The van der Waals surface area contributed by atoms with E-state index in [0.29, 0.717) is 12.1 Å². The predicted octanol–water partition coefficient (Wildman–Crippen LogP) is 2.13. The van der Waals surface area contributed by atoms with E-state index in [1.165, 1.54) is 0 Å². The van der Waals surface area contributed by atoms with Crippen molar-refractivity contribution in [3.05, 3.63) is 34.8 Å². The van der Waals surface area contributed by atoms with Gasteiger partial charge in [0.2, 0.25) is 0 Å². The Morgan fingerprint density at radius 3 is 2.75 bits per heavy atom. The molecule has 0 aliphatic carbocycles. The first-order chi connectivity index (χ1) is 5.65. The highest BCUT2D eigenvalue weighted by atomic mass is 79.9. The van der Waals surface area contributed by atoms with Gasteiger partial charge in [-0.15, -0.1) is 0 Å². The van der Waals surface area contributed by atoms with E-state index in [9.17, 15) is 5.11 Å². The van der Waals surface area contributed by atoms with Crippen molar-refractivity contribution in [3.63, 3.8) is 0 Å². The highest BCUT2D eigenvalue weighted by Gasteiger charge is 2.03. The zero-order chi connectivity index (χ0) is 9.14. The molecule has 1 aromatic carbocycles. The van der Waals surface area contributed by atoms with Crippen LogP contribution >= 0.6 is 15.9 Å². The summed E-state index contributed by atoms with van der Waals surface area (Å²) in [4.78, 5) is 0. The summed E-state index contributed by atoms with van der Waals surface area (Å²) in [7, 11) is 0. The molecule has 3 N–H and O–H groups in total. The quantitative estimate of drug-likeness (QED) is 0.814. The van der Waals surface area contributed by atoms with Gasteiger partial charge in [-0.3, -0.25) is 0 Å². The van der Waals surface area contributed by atoms with E-state index < -0.39 is 0 Å². The van der Waals surface area contributed by atoms with Gasteiger partial charge in [0.05, 0.1) is 0 Å². The Balaban J connectivity index is 3.09. The maximum Gasteiger partial charge on any atom is 0.124 e. The summed E-state index contributed by atoms with van der Waals surface area (Å²) in [5, 5.41) is 9.45. The Bertz CT molecular complexity index is 309. The van der Waals surface area contributed by atoms with E-state index in [1.54, 1.807) is 12.1 Å². The van der Waals surface area contributed by atoms with Gasteiger partial charge in [-0.05, 0) is 23.8 Å². The molecular weight excluding hydrogens is 218 g/mol. The molecule has 0 heterocycles. The molecule has 0 amide bonds. The van der Waals surface area contributed by atoms with E-state index in [2.05, 4.69) is 22.5 Å². The standard InChI is InChI=1S/C9H10BrNO/c1-6(5-11)8-3-2-7(10)4-9(8)12/h2-4,12H,1,5,11H2. The number of hydrogen-bond acceptors (Lipinski definition) is 2. The average molecular weight is 228 g/mol. The maximum absolute atomic E-state index is 9.45. The monoisotopic (exact) mass is 227 g/mol. The van der Waals surface area contributed by atoms with Crippen LogP contribution in [0.5, 0.6) is 5.75 Å². The summed E-state index contributed by atoms with van der Waals surface area (Å²) in [5.74, 6) is 0.208. The molecule has 0 spiro atoms. The van der Waals surface area contributed by atoms with Gasteiger partial charge in [-0.2, -0.15) is 0 Å². The van der Waals surface area contributed by atoms with Crippen LogP contribution < -0.4 is 5.73 Å². The summed E-state index contributed by atoms with van der Waals surface area (Å²) < 4.78 is 0.841. The van der Waals surface area contributed by atoms with E-state index in [1.807, 2.05) is 6.07 Å². The number of phenols is 1. The summed E-state index contributed by atoms with van der Waals surface area (Å²) in [6.45, 7) is 4.09. The summed E-state index contributed by atoms with van der Waals surface area (Å²) in [5.41, 5.74) is 6.83. The number of nitrogens with two attached hydrogens (primary N) is 1. The molecule has 0 saturated heterocycles. The van der Waals surface area contributed by atoms with Gasteiger partial charge in [-0.1, -0.05) is 22.5 Å². The van der Waals surface area contributed by atoms with Gasteiger partial charge in [0.15, 0.2) is 0 Å². The van der Waals surface area contributed by atoms with E-state index in [4.69, 9.17) is 5.73 Å². The lowest BCUT2D eigenvalue weighted by molar-refractivity contribution is 0.473. The minimum Gasteiger partial charge on any atom is -0.507 e. The fraction of sp³-hybridized carbons (Fsp3) is 0.111. The van der Waals surface area contributed by atoms with Gasteiger partial charge in [0, 0.05) is 16.6 Å². The summed E-state index contributed by atoms with van der Waals surface area (Å²) >= 11 is 3.25. The first-order valence-electron chi connectivity index (χ1n) is 3.52. The zero-order valence-electron chi connectivity index (χ0n) is 6.55. The van der Waals surface area contributed by atoms with Crippen molar-refractivity contribution >= 4 is 21.5 Å². The van der Waals surface area contributed by atoms with Crippen LogP contribution in [0.1, 0.15) is 5.56 Å². The van der Waals surface area contributed by atoms with Crippen LogP contribution in [0, 0.1) is 0 Å². The van der Waals surface area contributed by atoms with Crippen LogP contribution in [0.25, 0.3) is 5.57 Å². The molecular formula is C9H10BrNO. The average Bonchev–Trinajstić information content (AvgIpc) is 2.03. The lowest BCUT2D eigenvalue weighted by atomic mass is 10.1. The molecule has 2 nitrogen and oxygen atoms in total. The van der Waals surface area contributed by atoms with Crippen molar-refractivity contribution < 1.29 is 5.11 Å². The third-order valence-electron chi connectivity index (χ3n) is 1.59. The highest BCUT2D eigenvalue weighted by molar-refractivity contribution is 9.10. The van der Waals surface area contributed by atoms with Crippen LogP contribution in [0.4, 0.5) is 0 Å². The fourth-order valence-electron chi connectivity index (χ4n) is 0.914. The summed E-state index contributed by atoms with van der Waals surface area (Å²) in [6, 6.07) is 5.25. The fourth-order valence-corrected chi connectivity index (χ4v) is 1.26. The van der Waals surface area contributed by atoms with Gasteiger partial charge in [-0.25, -0.2) is 0 Å². The van der Waals surface area contributed by atoms with Gasteiger partial charge < -0.3 is 10.8 Å². The number of phenolic OH excluding ortho intramolecular Hbond substituents is 1. The molecule has 3 heteroatoms. The van der Waals surface area contributed by atoms with Crippen LogP contribution in [-0.2, 0) is 0 Å². The Morgan fingerprint density at radius 2 is 2.25 bits per heavy atom. The lowest BCUT2D eigenvalue weighted by Gasteiger charge is -2.05. The molecule has 0 unspecified atom stereocenters. The smallest absolute Gasteiger partial charge is 0.124 e. The third kappa shape index (κ3) is 1.87. The van der Waals surface area contributed by atoms with Crippen molar-refractivity contribution in [2.45, 2.75) is 0 Å². The molecule has 0 bridgehead atoms. The first kappa shape index (κ1) is 9.29. The SMILES string of the molecule is C=C(CN)c1ccc(Br)cc1O. The van der Waals surface area contributed by atoms with Crippen LogP contribution in [0.3, 0.4) is 0 Å². The van der Waals surface area contributed by atoms with Crippen molar-refractivity contribution in [3.8, 4) is 5.75 Å². The topological polar surface area (TPSA) is 46.2 Å². The molecule has 12 heavy (non-hydrogen) atoms. The van der Waals surface area contributed by atoms with Crippen molar-refractivity contribution in [2.24, 2.45) is 5.73 Å². The molecule has 0 radical (unpaired) electrons. The molecule has 0 fully saturated rings. The second kappa shape index (κ2) is 3.74. The highest BCUT2D eigenvalue weighted by Crippen LogP contribution is 2.26. The number of aromatic hydroxyl groups is 1. The molecule has 0 atom stereocenters. The van der Waals surface area contributed by atoms with Crippen LogP contribution in [0.15, 0.2) is 29.3 Å². The number of benzene rings is 1. The Labute approximate surface area is 79.8 Å². The van der Waals surface area contributed by atoms with Gasteiger partial charge in [0.1, 0.15) is 5.75 Å². The first-order valence-corrected chi connectivity index (χ1v) is 4.31. The predicted molar refractivity (Wildman–Crippen MR) is 53.9 cm³/mol. The number of rotatable bonds is 2. The zero-order valence-corrected chi connectivity index (χ0v) is 8.13. The van der Waals surface area contributed by atoms with Crippen molar-refractivity contribution in [2.75, 3.05) is 6.54 Å². The summed E-state index contributed by atoms with van der Waals surface area (Å²) in [6.07, 6.45) is 0. The van der Waals surface area contributed by atoms with E-state index in [0.717, 1.165) is 10.0 Å². The van der Waals surface area contributed by atoms with Crippen LogP contribution in [0.2, 0.25) is 0 Å². The molecule has 1 rings (SSSR count). The second-order valence-electron chi connectivity index (χ2n) is 2.47. The van der Waals surface area contributed by atoms with Gasteiger partial charge >= 0.3 is 0 Å². The number of halogens is 1. The lowest BCUT2D eigenvalue weighted by Crippen LogP contribution is -2.00. The molecule has 0 aliphatic rings. The normalized spacial score (nSPS) is 9.83. The molecule has 0 saturated carbocycles. The second-order valence-corrected chi connectivity index (χ2v) is 3.38. The molecule has 1 aromatic rings. The van der Waals surface area contributed by atoms with Crippen LogP contribution in [-0.4, -0.2) is 11.7 Å². The van der Waals surface area contributed by atoms with Crippen molar-refractivity contribution in [1.82, 2.24) is 0 Å². The minimum atomic E-state index is 0.208. The minimum absolute atomic E-state index is 0.208. The van der Waals surface area contributed by atoms with E-state index in [-0.39, 0.29) is 5.75 Å². The van der Waals surface area contributed by atoms with E-state index >= 15 is 0 Å². The largest absolute Gasteiger partial charge is 0.507 e. The Kier molecular flexibility index (Phi) is 2.89. The van der Waals surface area contributed by atoms with Gasteiger partial charge in [0.25, 0.3) is 0 Å². The molecule has 0 aromatic heterocycles.